The molecule has 4 heterocycles. The number of nitrogens with one attached hydrogen (secondary N) is 3. The van der Waals surface area contributed by atoms with Crippen molar-refractivity contribution in [2.75, 3.05) is 31.9 Å². The number of hydrogen-bond acceptors (Lipinski definition) is 8. The summed E-state index contributed by atoms with van der Waals surface area (Å²) >= 11 is 1.93. The van der Waals surface area contributed by atoms with Gasteiger partial charge in [-0.05, 0) is 37.1 Å². The van der Waals surface area contributed by atoms with Crippen molar-refractivity contribution in [1.29, 1.82) is 0 Å². The number of pyridine rings is 2. The molecule has 2 saturated heterocycles. The first-order valence-electron chi connectivity index (χ1n) is 12.8. The normalized spacial score (nSPS) is 19.4. The Balaban J connectivity index is 0.00000165. The number of fused-ring (bicyclic) bond motifs is 1. The van der Waals surface area contributed by atoms with Gasteiger partial charge in [0.1, 0.15) is 0 Å². The average Bonchev–Trinajstić information content (AvgIpc) is 3.49. The Labute approximate surface area is 239 Å². The molecule has 0 aromatic carbocycles. The van der Waals surface area contributed by atoms with E-state index in [9.17, 15) is 9.59 Å². The summed E-state index contributed by atoms with van der Waals surface area (Å²) in [6, 6.07) is 12.5. The van der Waals surface area contributed by atoms with Gasteiger partial charge < -0.3 is 20.9 Å². The molecule has 0 spiro atoms. The number of nitrogens with zero attached hydrogens (tertiary/aromatic N) is 3. The molecule has 2 aliphatic heterocycles. The van der Waals surface area contributed by atoms with Crippen molar-refractivity contribution in [3.63, 3.8) is 0 Å². The number of carbonyl (C=O) groups excluding carboxylic acids is 2. The molecule has 3 atom stereocenters. The second-order valence-electron chi connectivity index (χ2n) is 9.20. The molecule has 2 aliphatic rings. The predicted molar refractivity (Wildman–Crippen MR) is 145 cm³/mol. The summed E-state index contributed by atoms with van der Waals surface area (Å²) < 4.78 is 0. The molecule has 0 saturated carbocycles. The summed E-state index contributed by atoms with van der Waals surface area (Å²) in [6.45, 7) is 3.24. The average molecular weight is 594 g/mol. The molecule has 0 aliphatic carbocycles. The van der Waals surface area contributed by atoms with Crippen molar-refractivity contribution in [2.24, 2.45) is 0 Å². The number of unbranched alkanes of at least 4 members (excludes halogenated alkanes) is 1. The molecule has 12 heteroatoms. The fourth-order valence-corrected chi connectivity index (χ4v) is 6.23. The third-order valence-corrected chi connectivity index (χ3v) is 8.16. The molecule has 10 nitrogen and oxygen atoms in total. The molecule has 1 radical (unpaired) electrons. The van der Waals surface area contributed by atoms with Crippen molar-refractivity contribution in [1.82, 2.24) is 30.8 Å². The molecule has 3 amide bonds. The molecule has 4 rings (SSSR count). The Kier molecular flexibility index (Phi) is 15.3. The summed E-state index contributed by atoms with van der Waals surface area (Å²) in [5.74, 6) is 1.10. The second kappa shape index (κ2) is 18.1. The maximum absolute atomic E-state index is 12.4. The minimum absolute atomic E-state index is 0. The maximum Gasteiger partial charge on any atom is 0.315 e. The quantitative estimate of drug-likeness (QED) is 0.0740. The first-order valence-corrected chi connectivity index (χ1v) is 13.9. The van der Waals surface area contributed by atoms with E-state index in [0.29, 0.717) is 18.2 Å². The number of rotatable bonds is 14. The van der Waals surface area contributed by atoms with E-state index in [-0.39, 0.29) is 41.1 Å². The van der Waals surface area contributed by atoms with Gasteiger partial charge in [0.15, 0.2) is 0 Å². The number of urea groups is 1. The van der Waals surface area contributed by atoms with E-state index in [1.165, 1.54) is 0 Å². The first-order chi connectivity index (χ1) is 18.2. The van der Waals surface area contributed by atoms with Crippen LogP contribution in [-0.2, 0) is 34.7 Å². The summed E-state index contributed by atoms with van der Waals surface area (Å²) in [7, 11) is 0. The number of carbonyl (C=O) groups is 2. The smallest absolute Gasteiger partial charge is 0.315 e. The fraction of sp³-hybridized carbons (Fsp3) is 0.538. The van der Waals surface area contributed by atoms with Crippen molar-refractivity contribution in [2.45, 2.75) is 55.9 Å². The molecule has 2 aromatic heterocycles. The van der Waals surface area contributed by atoms with Crippen LogP contribution in [0, 0.1) is 0 Å². The van der Waals surface area contributed by atoms with Crippen LogP contribution in [0.25, 0.3) is 0 Å². The largest absolute Gasteiger partial charge is 0.355 e. The van der Waals surface area contributed by atoms with Crippen LogP contribution >= 0.6 is 11.8 Å². The van der Waals surface area contributed by atoms with E-state index in [4.69, 9.17) is 10.5 Å². The van der Waals surface area contributed by atoms with Crippen LogP contribution in [0.15, 0.2) is 48.8 Å². The SMILES string of the molecule is O=C(CCCC[C@@H]1SC[C@@H]2NC(=O)N[C@@H]21)NCCN(CCc1ccccn1)CCc1ccccn1.OO.[Cu]. The van der Waals surface area contributed by atoms with Gasteiger partial charge >= 0.3 is 6.03 Å². The van der Waals surface area contributed by atoms with Crippen LogP contribution < -0.4 is 16.0 Å². The Morgan fingerprint density at radius 1 is 1.00 bits per heavy atom. The molecule has 0 bridgehead atoms. The van der Waals surface area contributed by atoms with E-state index in [1.54, 1.807) is 0 Å². The zero-order valence-corrected chi connectivity index (χ0v) is 23.1. The Morgan fingerprint density at radius 2 is 1.66 bits per heavy atom. The Bertz CT molecular complexity index is 902. The summed E-state index contributed by atoms with van der Waals surface area (Å²) in [4.78, 5) is 35.1. The molecule has 213 valence electrons. The number of aromatic nitrogens is 2. The van der Waals surface area contributed by atoms with Gasteiger partial charge in [-0.1, -0.05) is 18.6 Å². The third kappa shape index (κ3) is 10.9. The van der Waals surface area contributed by atoms with Gasteiger partial charge in [0.2, 0.25) is 5.91 Å². The first kappa shape index (κ1) is 32.0. The zero-order valence-electron chi connectivity index (χ0n) is 21.4. The van der Waals surface area contributed by atoms with Gasteiger partial charge in [0.25, 0.3) is 0 Å². The van der Waals surface area contributed by atoms with Gasteiger partial charge in [-0.3, -0.25) is 25.3 Å². The second-order valence-corrected chi connectivity index (χ2v) is 10.5. The molecule has 5 N–H and O–H groups in total. The van der Waals surface area contributed by atoms with Crippen molar-refractivity contribution in [3.05, 3.63) is 60.2 Å². The van der Waals surface area contributed by atoms with Crippen molar-refractivity contribution < 1.29 is 37.2 Å². The molecule has 2 fully saturated rings. The third-order valence-electron chi connectivity index (χ3n) is 6.65. The van der Waals surface area contributed by atoms with E-state index in [0.717, 1.165) is 68.9 Å². The standard InChI is InChI=1S/C26H36N6O2S.Cu.H2O2/c33-24(10-2-1-9-23-25-22(19-35-23)30-26(34)31-25)29-15-18-32(16-11-20-7-3-5-13-27-20)17-12-21-8-4-6-14-28-21;;1-2/h3-8,13-14,22-23,25H,1-2,9-12,15-19H2,(H,29,33)(H2,30,31,34);;1-2H/t22-,23-,25-;;/m0../s1. The van der Waals surface area contributed by atoms with E-state index in [2.05, 4.69) is 43.0 Å². The molecule has 2 aromatic rings. The zero-order chi connectivity index (χ0) is 26.3. The molecular weight excluding hydrogens is 556 g/mol. The minimum atomic E-state index is -0.0428. The predicted octanol–water partition coefficient (Wildman–Crippen LogP) is 2.42. The Morgan fingerprint density at radius 3 is 2.26 bits per heavy atom. The van der Waals surface area contributed by atoms with Gasteiger partial charge in [0.05, 0.1) is 12.1 Å². The summed E-state index contributed by atoms with van der Waals surface area (Å²) in [6.07, 6.45) is 8.90. The van der Waals surface area contributed by atoms with Gasteiger partial charge in [-0.15, -0.1) is 0 Å². The van der Waals surface area contributed by atoms with E-state index >= 15 is 0 Å². The van der Waals surface area contributed by atoms with Gasteiger partial charge in [-0.25, -0.2) is 4.79 Å². The minimum Gasteiger partial charge on any atom is -0.355 e. The van der Waals surface area contributed by atoms with Crippen LogP contribution in [0.3, 0.4) is 0 Å². The monoisotopic (exact) mass is 593 g/mol. The van der Waals surface area contributed by atoms with Crippen LogP contribution in [-0.4, -0.2) is 86.6 Å². The van der Waals surface area contributed by atoms with Crippen LogP contribution in [0.5, 0.6) is 0 Å². The van der Waals surface area contributed by atoms with Crippen molar-refractivity contribution in [3.8, 4) is 0 Å². The topological polar surface area (TPSA) is 140 Å². The number of amides is 3. The van der Waals surface area contributed by atoms with Crippen molar-refractivity contribution >= 4 is 23.7 Å². The maximum atomic E-state index is 12.4. The molecular formula is C26H38CuN6O4S. The summed E-state index contributed by atoms with van der Waals surface area (Å²) in [5, 5.41) is 21.6. The van der Waals surface area contributed by atoms with Gasteiger partial charge in [-0.2, -0.15) is 11.8 Å². The van der Waals surface area contributed by atoms with Crippen LogP contribution in [0.1, 0.15) is 37.1 Å². The van der Waals surface area contributed by atoms with Crippen LogP contribution in [0.2, 0.25) is 0 Å². The molecule has 38 heavy (non-hydrogen) atoms. The fourth-order valence-electron chi connectivity index (χ4n) is 4.69. The van der Waals surface area contributed by atoms with E-state index < -0.39 is 0 Å². The van der Waals surface area contributed by atoms with Crippen LogP contribution in [0.4, 0.5) is 4.79 Å². The van der Waals surface area contributed by atoms with Gasteiger partial charge in [0, 0.05) is 97.3 Å². The summed E-state index contributed by atoms with van der Waals surface area (Å²) in [5.41, 5.74) is 2.16. The number of thioether (sulfide) groups is 1. The van der Waals surface area contributed by atoms with E-state index in [1.807, 2.05) is 48.4 Å². The Hall–Kier alpha value is -2.21. The molecule has 0 unspecified atom stereocenters. The number of hydrogen-bond donors (Lipinski definition) is 5.